The number of anilines is 4. The number of hydrogen-bond acceptors (Lipinski definition) is 7. The lowest BCUT2D eigenvalue weighted by Gasteiger charge is -2.07. The number of aromatic nitrogens is 2. The van der Waals surface area contributed by atoms with Gasteiger partial charge >= 0.3 is 5.69 Å². The SMILES string of the molecule is Nc1nc(N)c([N+](=O)[O-])c(Nc2ccc(Br)cc2)n1. The summed E-state index contributed by atoms with van der Waals surface area (Å²) >= 11 is 3.29. The first-order valence-corrected chi connectivity index (χ1v) is 5.86. The molecule has 0 aliphatic heterocycles. The molecular formula is C10H9BrN6O2. The molecule has 2 aromatic rings. The fourth-order valence-corrected chi connectivity index (χ4v) is 1.69. The molecule has 0 fully saturated rings. The Labute approximate surface area is 116 Å². The lowest BCUT2D eigenvalue weighted by atomic mass is 10.3. The van der Waals surface area contributed by atoms with E-state index in [9.17, 15) is 10.1 Å². The van der Waals surface area contributed by atoms with E-state index in [-0.39, 0.29) is 17.6 Å². The van der Waals surface area contributed by atoms with Crippen molar-refractivity contribution in [2.24, 2.45) is 0 Å². The predicted molar refractivity (Wildman–Crippen MR) is 74.9 cm³/mol. The fraction of sp³-hybridized carbons (Fsp3) is 0. The molecule has 0 spiro atoms. The van der Waals surface area contributed by atoms with Crippen LogP contribution in [0.25, 0.3) is 0 Å². The third kappa shape index (κ3) is 2.88. The monoisotopic (exact) mass is 324 g/mol. The minimum absolute atomic E-state index is 0.0441. The second-order valence-corrected chi connectivity index (χ2v) is 4.47. The quantitative estimate of drug-likeness (QED) is 0.581. The number of nitrogen functional groups attached to an aromatic ring is 2. The van der Waals surface area contributed by atoms with Gasteiger partial charge in [0.2, 0.25) is 17.6 Å². The molecule has 8 nitrogen and oxygen atoms in total. The zero-order valence-electron chi connectivity index (χ0n) is 9.50. The Morgan fingerprint density at radius 3 is 2.42 bits per heavy atom. The molecule has 2 rings (SSSR count). The molecule has 0 saturated heterocycles. The van der Waals surface area contributed by atoms with Gasteiger partial charge in [-0.2, -0.15) is 9.97 Å². The number of rotatable bonds is 3. The number of halogens is 1. The van der Waals surface area contributed by atoms with Crippen molar-refractivity contribution in [1.29, 1.82) is 0 Å². The maximum atomic E-state index is 11.0. The Hall–Kier alpha value is -2.42. The van der Waals surface area contributed by atoms with Gasteiger partial charge in [0, 0.05) is 10.2 Å². The standard InChI is InChI=1S/C10H9BrN6O2/c11-5-1-3-6(4-2-5)14-9-7(17(18)19)8(12)15-10(13)16-9/h1-4H,(H5,12,13,14,15,16). The summed E-state index contributed by atoms with van der Waals surface area (Å²) in [6.45, 7) is 0. The predicted octanol–water partition coefficient (Wildman–Crippen LogP) is 2.06. The van der Waals surface area contributed by atoms with E-state index in [4.69, 9.17) is 11.5 Å². The average molecular weight is 325 g/mol. The Bertz CT molecular complexity index is 631. The van der Waals surface area contributed by atoms with Gasteiger partial charge in [-0.05, 0) is 24.3 Å². The summed E-state index contributed by atoms with van der Waals surface area (Å²) in [6.07, 6.45) is 0. The summed E-state index contributed by atoms with van der Waals surface area (Å²) in [5.74, 6) is -0.461. The molecule has 1 aromatic heterocycles. The Morgan fingerprint density at radius 1 is 1.21 bits per heavy atom. The smallest absolute Gasteiger partial charge is 0.353 e. The minimum atomic E-state index is -0.657. The van der Waals surface area contributed by atoms with Crippen LogP contribution in [0, 0.1) is 10.1 Å². The highest BCUT2D eigenvalue weighted by atomic mass is 79.9. The van der Waals surface area contributed by atoms with E-state index in [0.717, 1.165) is 4.47 Å². The Kier molecular flexibility index (Phi) is 3.47. The molecule has 9 heteroatoms. The molecule has 0 aliphatic rings. The third-order valence-electron chi connectivity index (χ3n) is 2.22. The van der Waals surface area contributed by atoms with Crippen LogP contribution in [0.1, 0.15) is 0 Å². The van der Waals surface area contributed by atoms with Gasteiger partial charge in [0.1, 0.15) is 0 Å². The first kappa shape index (κ1) is 13.0. The number of nitrogens with zero attached hydrogens (tertiary/aromatic N) is 3. The third-order valence-corrected chi connectivity index (χ3v) is 2.75. The van der Waals surface area contributed by atoms with E-state index in [2.05, 4.69) is 31.2 Å². The maximum absolute atomic E-state index is 11.0. The highest BCUT2D eigenvalue weighted by Gasteiger charge is 2.22. The molecule has 0 unspecified atom stereocenters. The highest BCUT2D eigenvalue weighted by molar-refractivity contribution is 9.10. The lowest BCUT2D eigenvalue weighted by molar-refractivity contribution is -0.383. The second-order valence-electron chi connectivity index (χ2n) is 3.55. The molecule has 98 valence electrons. The Morgan fingerprint density at radius 2 is 1.84 bits per heavy atom. The van der Waals surface area contributed by atoms with Gasteiger partial charge in [-0.3, -0.25) is 10.1 Å². The van der Waals surface area contributed by atoms with Crippen LogP contribution in [-0.4, -0.2) is 14.9 Å². The molecule has 0 radical (unpaired) electrons. The summed E-state index contributed by atoms with van der Waals surface area (Å²) in [7, 11) is 0. The zero-order valence-corrected chi connectivity index (χ0v) is 11.1. The molecule has 1 heterocycles. The van der Waals surface area contributed by atoms with Gasteiger partial charge in [-0.25, -0.2) is 0 Å². The first-order chi connectivity index (χ1) is 8.97. The molecule has 0 amide bonds. The van der Waals surface area contributed by atoms with E-state index in [1.165, 1.54) is 0 Å². The Balaban J connectivity index is 2.44. The summed E-state index contributed by atoms with van der Waals surface area (Å²) < 4.78 is 0.884. The number of hydrogen-bond donors (Lipinski definition) is 3. The molecule has 0 saturated carbocycles. The number of benzene rings is 1. The van der Waals surface area contributed by atoms with Gasteiger partial charge in [-0.15, -0.1) is 0 Å². The van der Waals surface area contributed by atoms with Crippen LogP contribution in [0.15, 0.2) is 28.7 Å². The maximum Gasteiger partial charge on any atom is 0.353 e. The van der Waals surface area contributed by atoms with Gasteiger partial charge in [0.25, 0.3) is 0 Å². The van der Waals surface area contributed by atoms with Crippen LogP contribution < -0.4 is 16.8 Å². The van der Waals surface area contributed by atoms with Gasteiger partial charge in [0.15, 0.2) is 0 Å². The van der Waals surface area contributed by atoms with Crippen LogP contribution in [0.2, 0.25) is 0 Å². The van der Waals surface area contributed by atoms with E-state index < -0.39 is 10.6 Å². The van der Waals surface area contributed by atoms with E-state index in [0.29, 0.717) is 5.69 Å². The van der Waals surface area contributed by atoms with Crippen LogP contribution >= 0.6 is 15.9 Å². The summed E-state index contributed by atoms with van der Waals surface area (Å²) in [4.78, 5) is 17.7. The van der Waals surface area contributed by atoms with Crippen molar-refractivity contribution in [2.45, 2.75) is 0 Å². The number of nitrogens with two attached hydrogens (primary N) is 2. The van der Waals surface area contributed by atoms with Gasteiger partial charge < -0.3 is 16.8 Å². The van der Waals surface area contributed by atoms with Crippen LogP contribution in [0.3, 0.4) is 0 Å². The molecule has 5 N–H and O–H groups in total. The molecule has 19 heavy (non-hydrogen) atoms. The van der Waals surface area contributed by atoms with Crippen molar-refractivity contribution >= 4 is 44.9 Å². The van der Waals surface area contributed by atoms with Crippen LogP contribution in [-0.2, 0) is 0 Å². The van der Waals surface area contributed by atoms with E-state index in [1.54, 1.807) is 24.3 Å². The normalized spacial score (nSPS) is 10.2. The second kappa shape index (κ2) is 5.06. The largest absolute Gasteiger partial charge is 0.378 e. The van der Waals surface area contributed by atoms with E-state index >= 15 is 0 Å². The van der Waals surface area contributed by atoms with Gasteiger partial charge in [0.05, 0.1) is 4.92 Å². The summed E-state index contributed by atoms with van der Waals surface area (Å²) in [5.41, 5.74) is 11.1. The molecule has 1 aromatic carbocycles. The van der Waals surface area contributed by atoms with Crippen LogP contribution in [0.4, 0.5) is 29.0 Å². The minimum Gasteiger partial charge on any atom is -0.378 e. The fourth-order valence-electron chi connectivity index (χ4n) is 1.43. The molecule has 0 bridgehead atoms. The zero-order chi connectivity index (χ0) is 14.0. The summed E-state index contributed by atoms with van der Waals surface area (Å²) in [6, 6.07) is 7.01. The first-order valence-electron chi connectivity index (χ1n) is 5.07. The molecule has 0 aliphatic carbocycles. The number of nitrogens with one attached hydrogen (secondary N) is 1. The van der Waals surface area contributed by atoms with Crippen LogP contribution in [0.5, 0.6) is 0 Å². The highest BCUT2D eigenvalue weighted by Crippen LogP contribution is 2.30. The van der Waals surface area contributed by atoms with Crippen molar-refractivity contribution in [3.05, 3.63) is 38.9 Å². The lowest BCUT2D eigenvalue weighted by Crippen LogP contribution is -2.08. The van der Waals surface area contributed by atoms with Crippen molar-refractivity contribution in [1.82, 2.24) is 9.97 Å². The molecule has 0 atom stereocenters. The van der Waals surface area contributed by atoms with Crippen molar-refractivity contribution in [3.8, 4) is 0 Å². The number of nitro groups is 1. The average Bonchev–Trinajstić information content (AvgIpc) is 2.30. The van der Waals surface area contributed by atoms with Crippen molar-refractivity contribution in [2.75, 3.05) is 16.8 Å². The topological polar surface area (TPSA) is 133 Å². The molecular weight excluding hydrogens is 316 g/mol. The van der Waals surface area contributed by atoms with Crippen molar-refractivity contribution < 1.29 is 4.92 Å². The van der Waals surface area contributed by atoms with Gasteiger partial charge in [-0.1, -0.05) is 15.9 Å². The summed E-state index contributed by atoms with van der Waals surface area (Å²) in [5, 5.41) is 13.7. The van der Waals surface area contributed by atoms with Crippen molar-refractivity contribution in [3.63, 3.8) is 0 Å². The van der Waals surface area contributed by atoms with E-state index in [1.807, 2.05) is 0 Å².